The Bertz CT molecular complexity index is 429. The number of nitrogens with zero attached hydrogens (tertiary/aromatic N) is 1. The highest BCUT2D eigenvalue weighted by molar-refractivity contribution is 6.36. The zero-order chi connectivity index (χ0) is 12.3. The van der Waals surface area contributed by atoms with Crippen LogP contribution in [0.3, 0.4) is 0 Å². The Morgan fingerprint density at radius 1 is 1.31 bits per heavy atom. The van der Waals surface area contributed by atoms with Crippen molar-refractivity contribution in [1.82, 2.24) is 0 Å². The average Bonchev–Trinajstić information content (AvgIpc) is 2.22. The second-order valence-electron chi connectivity index (χ2n) is 3.75. The Balaban J connectivity index is 3.26. The summed E-state index contributed by atoms with van der Waals surface area (Å²) in [5.41, 5.74) is 0.409. The van der Waals surface area contributed by atoms with Gasteiger partial charge in [0.2, 0.25) is 0 Å². The van der Waals surface area contributed by atoms with Crippen LogP contribution in [0.4, 0.5) is 0 Å². The van der Waals surface area contributed by atoms with Gasteiger partial charge in [0.15, 0.2) is 5.78 Å². The third-order valence-corrected chi connectivity index (χ3v) is 2.93. The van der Waals surface area contributed by atoms with Gasteiger partial charge in [0.05, 0.1) is 6.07 Å². The van der Waals surface area contributed by atoms with Crippen molar-refractivity contribution in [2.24, 2.45) is 5.92 Å². The molecule has 1 unspecified atom stereocenters. The molecule has 84 valence electrons. The summed E-state index contributed by atoms with van der Waals surface area (Å²) in [6, 6.07) is 6.90. The zero-order valence-corrected chi connectivity index (χ0v) is 10.5. The summed E-state index contributed by atoms with van der Waals surface area (Å²) in [6.07, 6.45) is 0. The van der Waals surface area contributed by atoms with E-state index in [-0.39, 0.29) is 11.7 Å². The fourth-order valence-corrected chi connectivity index (χ4v) is 2.01. The highest BCUT2D eigenvalue weighted by atomic mass is 35.5. The van der Waals surface area contributed by atoms with E-state index in [0.29, 0.717) is 15.6 Å². The summed E-state index contributed by atoms with van der Waals surface area (Å²) >= 11 is 11.9. The molecule has 0 amide bonds. The molecule has 0 N–H and O–H groups in total. The predicted molar refractivity (Wildman–Crippen MR) is 64.7 cm³/mol. The second-order valence-corrected chi connectivity index (χ2v) is 4.57. The van der Waals surface area contributed by atoms with Crippen LogP contribution in [0.1, 0.15) is 25.3 Å². The van der Waals surface area contributed by atoms with Crippen molar-refractivity contribution in [2.45, 2.75) is 19.8 Å². The van der Waals surface area contributed by atoms with Crippen LogP contribution in [0.25, 0.3) is 0 Å². The Labute approximate surface area is 105 Å². The van der Waals surface area contributed by atoms with Crippen LogP contribution >= 0.6 is 23.2 Å². The largest absolute Gasteiger partial charge is 0.298 e. The maximum Gasteiger partial charge on any atom is 0.157 e. The van der Waals surface area contributed by atoms with Gasteiger partial charge in [0, 0.05) is 21.5 Å². The van der Waals surface area contributed by atoms with Crippen molar-refractivity contribution in [3.63, 3.8) is 0 Å². The third kappa shape index (κ3) is 2.55. The van der Waals surface area contributed by atoms with Crippen LogP contribution in [0, 0.1) is 17.2 Å². The molecule has 2 nitrogen and oxygen atoms in total. The minimum absolute atomic E-state index is 0.169. The monoisotopic (exact) mass is 255 g/mol. The van der Waals surface area contributed by atoms with Crippen molar-refractivity contribution < 1.29 is 4.79 Å². The molecule has 4 heteroatoms. The third-order valence-electron chi connectivity index (χ3n) is 2.27. The highest BCUT2D eigenvalue weighted by Gasteiger charge is 2.26. The van der Waals surface area contributed by atoms with Crippen molar-refractivity contribution in [2.75, 3.05) is 0 Å². The summed E-state index contributed by atoms with van der Waals surface area (Å²) < 4.78 is 0. The molecule has 1 aromatic rings. The Hall–Kier alpha value is -1.04. The molecule has 0 radical (unpaired) electrons. The topological polar surface area (TPSA) is 40.9 Å². The van der Waals surface area contributed by atoms with Gasteiger partial charge < -0.3 is 0 Å². The number of carbonyl (C=O) groups excluding carboxylic acids is 1. The lowest BCUT2D eigenvalue weighted by molar-refractivity contribution is -0.122. The van der Waals surface area contributed by atoms with Gasteiger partial charge in [0.25, 0.3) is 0 Å². The minimum Gasteiger partial charge on any atom is -0.298 e. The van der Waals surface area contributed by atoms with E-state index >= 15 is 0 Å². The van der Waals surface area contributed by atoms with Gasteiger partial charge in [-0.2, -0.15) is 5.26 Å². The van der Waals surface area contributed by atoms with E-state index in [2.05, 4.69) is 0 Å². The minimum atomic E-state index is -0.888. The summed E-state index contributed by atoms with van der Waals surface area (Å²) in [6.45, 7) is 3.49. The van der Waals surface area contributed by atoms with Crippen LogP contribution in [0.5, 0.6) is 0 Å². The van der Waals surface area contributed by atoms with Crippen LogP contribution < -0.4 is 0 Å². The number of halogens is 2. The maximum absolute atomic E-state index is 11.8. The second kappa shape index (κ2) is 5.34. The molecule has 0 fully saturated rings. The van der Waals surface area contributed by atoms with Crippen molar-refractivity contribution in [3.8, 4) is 6.07 Å². The van der Waals surface area contributed by atoms with E-state index in [1.54, 1.807) is 32.0 Å². The molecular weight excluding hydrogens is 245 g/mol. The molecule has 0 heterocycles. The first-order valence-corrected chi connectivity index (χ1v) is 5.62. The van der Waals surface area contributed by atoms with Gasteiger partial charge >= 0.3 is 0 Å². The number of rotatable bonds is 3. The van der Waals surface area contributed by atoms with Gasteiger partial charge in [-0.3, -0.25) is 4.79 Å². The number of hydrogen-bond acceptors (Lipinski definition) is 2. The van der Waals surface area contributed by atoms with E-state index in [4.69, 9.17) is 28.5 Å². The zero-order valence-electron chi connectivity index (χ0n) is 9.00. The van der Waals surface area contributed by atoms with Crippen LogP contribution in [-0.4, -0.2) is 5.78 Å². The first-order valence-electron chi connectivity index (χ1n) is 4.86. The molecule has 0 saturated carbocycles. The molecule has 16 heavy (non-hydrogen) atoms. The predicted octanol–water partition coefficient (Wildman–Crippen LogP) is 3.83. The molecule has 0 saturated heterocycles. The Kier molecular flexibility index (Phi) is 4.35. The van der Waals surface area contributed by atoms with Crippen molar-refractivity contribution in [1.29, 1.82) is 5.26 Å². The van der Waals surface area contributed by atoms with Crippen LogP contribution in [0.2, 0.25) is 10.0 Å². The standard InChI is InChI=1S/C12H11Cl2NO/c1-7(2)12(16)8(6-15)11-9(13)4-3-5-10(11)14/h3-5,7-8H,1-2H3. The van der Waals surface area contributed by atoms with E-state index in [0.717, 1.165) is 0 Å². The summed E-state index contributed by atoms with van der Waals surface area (Å²) in [7, 11) is 0. The fourth-order valence-electron chi connectivity index (χ4n) is 1.39. The molecule has 0 spiro atoms. The van der Waals surface area contributed by atoms with Gasteiger partial charge in [-0.05, 0) is 12.1 Å². The number of benzene rings is 1. The Morgan fingerprint density at radius 2 is 1.81 bits per heavy atom. The SMILES string of the molecule is CC(C)C(=O)C(C#N)c1c(Cl)cccc1Cl. The van der Waals surface area contributed by atoms with E-state index in [1.807, 2.05) is 6.07 Å². The highest BCUT2D eigenvalue weighted by Crippen LogP contribution is 2.33. The summed E-state index contributed by atoms with van der Waals surface area (Å²) in [5.74, 6) is -1.28. The van der Waals surface area contributed by atoms with E-state index in [1.165, 1.54) is 0 Å². The smallest absolute Gasteiger partial charge is 0.157 e. The number of carbonyl (C=O) groups is 1. The van der Waals surface area contributed by atoms with Crippen LogP contribution in [-0.2, 0) is 4.79 Å². The Morgan fingerprint density at radius 3 is 2.19 bits per heavy atom. The lowest BCUT2D eigenvalue weighted by Gasteiger charge is -2.14. The average molecular weight is 256 g/mol. The number of hydrogen-bond donors (Lipinski definition) is 0. The van der Waals surface area contributed by atoms with E-state index in [9.17, 15) is 4.79 Å². The number of nitriles is 1. The fraction of sp³-hybridized carbons (Fsp3) is 0.333. The molecular formula is C12H11Cl2NO. The summed E-state index contributed by atoms with van der Waals surface area (Å²) in [5, 5.41) is 9.77. The normalized spacial score (nSPS) is 12.2. The van der Waals surface area contributed by atoms with Crippen LogP contribution in [0.15, 0.2) is 18.2 Å². The summed E-state index contributed by atoms with van der Waals surface area (Å²) in [4.78, 5) is 11.8. The lowest BCUT2D eigenvalue weighted by atomic mass is 9.90. The van der Waals surface area contributed by atoms with E-state index < -0.39 is 5.92 Å². The molecule has 0 aliphatic carbocycles. The molecule has 1 rings (SSSR count). The quantitative estimate of drug-likeness (QED) is 0.824. The van der Waals surface area contributed by atoms with Gasteiger partial charge in [-0.15, -0.1) is 0 Å². The van der Waals surface area contributed by atoms with Crippen molar-refractivity contribution >= 4 is 29.0 Å². The van der Waals surface area contributed by atoms with Gasteiger partial charge in [0.1, 0.15) is 5.92 Å². The molecule has 0 aromatic heterocycles. The first-order chi connectivity index (χ1) is 7.49. The number of ketones is 1. The molecule has 1 atom stereocenters. The maximum atomic E-state index is 11.8. The molecule has 0 bridgehead atoms. The van der Waals surface area contributed by atoms with Gasteiger partial charge in [-0.1, -0.05) is 43.1 Å². The molecule has 0 aliphatic heterocycles. The number of Topliss-reactive ketones (excluding diaryl/α,β-unsaturated/α-hetero) is 1. The first kappa shape index (κ1) is 13.0. The lowest BCUT2D eigenvalue weighted by Crippen LogP contribution is -2.17. The molecule has 0 aliphatic rings. The van der Waals surface area contributed by atoms with Crippen molar-refractivity contribution in [3.05, 3.63) is 33.8 Å². The molecule has 1 aromatic carbocycles. The van der Waals surface area contributed by atoms with Gasteiger partial charge in [-0.25, -0.2) is 0 Å².